The number of para-hydroxylation sites is 1. The number of nitrogen functional groups attached to an aromatic ring is 1. The molecule has 0 aliphatic heterocycles. The lowest BCUT2D eigenvalue weighted by Gasteiger charge is -2.21. The number of benzene rings is 5. The van der Waals surface area contributed by atoms with Crippen LogP contribution in [0.1, 0.15) is 37.5 Å². The van der Waals surface area contributed by atoms with Gasteiger partial charge in [0.05, 0.1) is 27.9 Å². The molecule has 0 unspecified atom stereocenters. The summed E-state index contributed by atoms with van der Waals surface area (Å²) in [5.74, 6) is 0. The largest absolute Gasteiger partial charge is 0.396 e. The van der Waals surface area contributed by atoms with Crippen molar-refractivity contribution in [2.45, 2.75) is 26.2 Å². The zero-order chi connectivity index (χ0) is 28.6. The number of allylic oxidation sites excluding steroid dienone is 1. The van der Waals surface area contributed by atoms with Gasteiger partial charge in [-0.25, -0.2) is 4.98 Å². The third-order valence-electron chi connectivity index (χ3n) is 9.06. The van der Waals surface area contributed by atoms with Crippen LogP contribution in [0.15, 0.2) is 115 Å². The normalized spacial score (nSPS) is 13.8. The average Bonchev–Trinajstić information content (AvgIpc) is 3.48. The molecule has 1 aliphatic rings. The molecule has 2 heterocycles. The summed E-state index contributed by atoms with van der Waals surface area (Å²) in [5.41, 5.74) is 20.0. The fourth-order valence-corrected chi connectivity index (χ4v) is 7.05. The van der Waals surface area contributed by atoms with Crippen molar-refractivity contribution in [2.75, 3.05) is 5.73 Å². The van der Waals surface area contributed by atoms with Crippen molar-refractivity contribution >= 4 is 44.5 Å². The highest BCUT2D eigenvalue weighted by molar-refractivity contribution is 6.18. The van der Waals surface area contributed by atoms with Crippen molar-refractivity contribution < 1.29 is 0 Å². The minimum Gasteiger partial charge on any atom is -0.396 e. The van der Waals surface area contributed by atoms with E-state index in [1.54, 1.807) is 0 Å². The topological polar surface area (TPSA) is 43.8 Å². The summed E-state index contributed by atoms with van der Waals surface area (Å²) in [5, 5.41) is 3.63. The van der Waals surface area contributed by atoms with E-state index >= 15 is 0 Å². The van der Waals surface area contributed by atoms with E-state index in [4.69, 9.17) is 10.7 Å². The first-order chi connectivity index (χ1) is 20.5. The molecular weight excluding hydrogens is 510 g/mol. The van der Waals surface area contributed by atoms with E-state index in [1.807, 2.05) is 19.1 Å². The molecule has 0 saturated carbocycles. The van der Waals surface area contributed by atoms with Crippen LogP contribution in [-0.4, -0.2) is 9.55 Å². The Morgan fingerprint density at radius 1 is 0.762 bits per heavy atom. The molecular formula is C39H31N3. The van der Waals surface area contributed by atoms with Crippen LogP contribution >= 0.6 is 0 Å². The van der Waals surface area contributed by atoms with Gasteiger partial charge < -0.3 is 10.3 Å². The van der Waals surface area contributed by atoms with Crippen LogP contribution in [0, 0.1) is 0 Å². The molecule has 0 atom stereocenters. The summed E-state index contributed by atoms with van der Waals surface area (Å²) in [6, 6.07) is 39.4. The molecule has 3 heteroatoms. The van der Waals surface area contributed by atoms with E-state index in [0.29, 0.717) is 5.69 Å². The second-order valence-electron chi connectivity index (χ2n) is 11.8. The van der Waals surface area contributed by atoms with Crippen LogP contribution in [0.3, 0.4) is 0 Å². The van der Waals surface area contributed by atoms with Gasteiger partial charge in [0, 0.05) is 32.8 Å². The summed E-state index contributed by atoms with van der Waals surface area (Å²) in [6.45, 7) is 6.69. The number of rotatable bonds is 3. The van der Waals surface area contributed by atoms with Gasteiger partial charge in [-0.05, 0) is 65.1 Å². The first-order valence-corrected chi connectivity index (χ1v) is 14.6. The molecule has 0 fully saturated rings. The Bertz CT molecular complexity index is 2250. The van der Waals surface area contributed by atoms with Crippen LogP contribution < -0.4 is 5.73 Å². The van der Waals surface area contributed by atoms with Gasteiger partial charge >= 0.3 is 0 Å². The van der Waals surface area contributed by atoms with Crippen molar-refractivity contribution in [3.8, 4) is 28.1 Å². The van der Waals surface area contributed by atoms with Gasteiger partial charge in [0.15, 0.2) is 0 Å². The standard InChI is InChI=1S/C39H31N3/c1-4-10-24-17-18-25-19-21-32(41-38(25)37(24)40)26-11-9-12-27(23-26)42-33-16-8-6-14-29(33)36-34(42)22-20-31-35(36)28-13-5-7-15-30(28)39(31,2)3/h4-23H,40H2,1-3H3/b10-4-. The van der Waals surface area contributed by atoms with Crippen molar-refractivity contribution in [3.05, 3.63) is 132 Å². The first-order valence-electron chi connectivity index (χ1n) is 14.6. The average molecular weight is 542 g/mol. The lowest BCUT2D eigenvalue weighted by Crippen LogP contribution is -2.14. The third-order valence-corrected chi connectivity index (χ3v) is 9.06. The van der Waals surface area contributed by atoms with Crippen LogP contribution in [0.25, 0.3) is 66.9 Å². The monoisotopic (exact) mass is 541 g/mol. The summed E-state index contributed by atoms with van der Waals surface area (Å²) in [4.78, 5) is 5.06. The highest BCUT2D eigenvalue weighted by Crippen LogP contribution is 2.53. The van der Waals surface area contributed by atoms with E-state index in [-0.39, 0.29) is 5.41 Å². The Labute approximate surface area is 245 Å². The van der Waals surface area contributed by atoms with Crippen molar-refractivity contribution in [1.82, 2.24) is 9.55 Å². The molecule has 202 valence electrons. The summed E-state index contributed by atoms with van der Waals surface area (Å²) < 4.78 is 2.40. The Hall–Kier alpha value is -5.15. The van der Waals surface area contributed by atoms with E-state index < -0.39 is 0 Å². The number of anilines is 1. The molecule has 3 nitrogen and oxygen atoms in total. The predicted molar refractivity (Wildman–Crippen MR) is 178 cm³/mol. The molecule has 0 amide bonds. The number of hydrogen-bond acceptors (Lipinski definition) is 2. The second kappa shape index (κ2) is 8.92. The fraction of sp³-hybridized carbons (Fsp3) is 0.103. The lowest BCUT2D eigenvalue weighted by molar-refractivity contribution is 0.661. The molecule has 0 bridgehead atoms. The number of nitrogens with two attached hydrogens (primary N) is 1. The summed E-state index contributed by atoms with van der Waals surface area (Å²) in [7, 11) is 0. The molecule has 1 aliphatic carbocycles. The third kappa shape index (κ3) is 3.37. The number of pyridine rings is 1. The Morgan fingerprint density at radius 2 is 1.57 bits per heavy atom. The Kier molecular flexibility index (Phi) is 5.23. The van der Waals surface area contributed by atoms with Crippen molar-refractivity contribution in [1.29, 1.82) is 0 Å². The van der Waals surface area contributed by atoms with Gasteiger partial charge in [-0.2, -0.15) is 0 Å². The van der Waals surface area contributed by atoms with Gasteiger partial charge in [0.2, 0.25) is 0 Å². The quantitative estimate of drug-likeness (QED) is 0.226. The number of fused-ring (bicyclic) bond motifs is 8. The van der Waals surface area contributed by atoms with E-state index in [1.165, 1.54) is 44.1 Å². The Morgan fingerprint density at radius 3 is 2.45 bits per heavy atom. The van der Waals surface area contributed by atoms with Gasteiger partial charge in [0.1, 0.15) is 0 Å². The van der Waals surface area contributed by atoms with Gasteiger partial charge in [-0.15, -0.1) is 0 Å². The molecule has 0 spiro atoms. The highest BCUT2D eigenvalue weighted by atomic mass is 15.0. The van der Waals surface area contributed by atoms with Crippen LogP contribution in [-0.2, 0) is 5.41 Å². The molecule has 5 aromatic carbocycles. The Balaban J connectivity index is 1.36. The molecule has 0 radical (unpaired) electrons. The van der Waals surface area contributed by atoms with Crippen LogP contribution in [0.5, 0.6) is 0 Å². The van der Waals surface area contributed by atoms with Gasteiger partial charge in [-0.1, -0.05) is 105 Å². The molecule has 8 rings (SSSR count). The fourth-order valence-electron chi connectivity index (χ4n) is 7.05. The maximum Gasteiger partial charge on any atom is 0.0944 e. The number of aromatic nitrogens is 2. The van der Waals surface area contributed by atoms with Gasteiger partial charge in [-0.3, -0.25) is 0 Å². The highest BCUT2D eigenvalue weighted by Gasteiger charge is 2.37. The molecule has 2 aromatic heterocycles. The van der Waals surface area contributed by atoms with Crippen molar-refractivity contribution in [2.24, 2.45) is 0 Å². The number of hydrogen-bond donors (Lipinski definition) is 1. The minimum atomic E-state index is -0.0420. The zero-order valence-corrected chi connectivity index (χ0v) is 24.0. The summed E-state index contributed by atoms with van der Waals surface area (Å²) >= 11 is 0. The molecule has 42 heavy (non-hydrogen) atoms. The smallest absolute Gasteiger partial charge is 0.0944 e. The zero-order valence-electron chi connectivity index (χ0n) is 24.0. The molecule has 2 N–H and O–H groups in total. The molecule has 0 saturated heterocycles. The summed E-state index contributed by atoms with van der Waals surface area (Å²) in [6.07, 6.45) is 4.04. The second-order valence-corrected chi connectivity index (χ2v) is 11.8. The van der Waals surface area contributed by atoms with Crippen molar-refractivity contribution in [3.63, 3.8) is 0 Å². The van der Waals surface area contributed by atoms with Gasteiger partial charge in [0.25, 0.3) is 0 Å². The maximum absolute atomic E-state index is 6.56. The van der Waals surface area contributed by atoms with Crippen LogP contribution in [0.2, 0.25) is 0 Å². The van der Waals surface area contributed by atoms with Crippen LogP contribution in [0.4, 0.5) is 5.69 Å². The van der Waals surface area contributed by atoms with E-state index in [2.05, 4.69) is 128 Å². The lowest BCUT2D eigenvalue weighted by atomic mass is 9.82. The minimum absolute atomic E-state index is 0.0420. The van der Waals surface area contributed by atoms with E-state index in [9.17, 15) is 0 Å². The first kappa shape index (κ1) is 24.6. The number of nitrogens with zero attached hydrogens (tertiary/aromatic N) is 2. The molecule has 7 aromatic rings. The van der Waals surface area contributed by atoms with E-state index in [0.717, 1.165) is 33.4 Å². The predicted octanol–water partition coefficient (Wildman–Crippen LogP) is 9.92. The SMILES string of the molecule is C/C=C\c1ccc2ccc(-c3cccc(-n4c5ccccc5c5c6c(ccc54)C(C)(C)c4ccccc4-6)c3)nc2c1N. The maximum atomic E-state index is 6.56.